The molecule has 1 aromatic carbocycles. The van der Waals surface area contributed by atoms with E-state index in [0.29, 0.717) is 12.1 Å². The number of aromatic nitrogens is 1. The third-order valence-corrected chi connectivity index (χ3v) is 2.65. The Morgan fingerprint density at radius 1 is 1.32 bits per heavy atom. The maximum Gasteiger partial charge on any atom is 0.255 e. The molecule has 5 heteroatoms. The number of amides is 1. The molecule has 0 aliphatic rings. The first kappa shape index (κ1) is 12.9. The summed E-state index contributed by atoms with van der Waals surface area (Å²) >= 11 is 0. The fraction of sp³-hybridized carbons (Fsp3) is 0.143. The van der Waals surface area contributed by atoms with Gasteiger partial charge in [-0.25, -0.2) is 0 Å². The second-order valence-electron chi connectivity index (χ2n) is 3.90. The average molecular weight is 258 g/mol. The van der Waals surface area contributed by atoms with Gasteiger partial charge in [-0.05, 0) is 29.8 Å². The zero-order chi connectivity index (χ0) is 13.7. The predicted octanol–water partition coefficient (Wildman–Crippen LogP) is 1.73. The summed E-state index contributed by atoms with van der Waals surface area (Å²) in [5, 5.41) is 12.4. The highest BCUT2D eigenvalue weighted by molar-refractivity contribution is 5.97. The number of phenols is 1. The summed E-state index contributed by atoms with van der Waals surface area (Å²) in [6.07, 6.45) is 3.33. The number of aromatic hydroxyl groups is 1. The fourth-order valence-corrected chi connectivity index (χ4v) is 1.70. The molecule has 1 aromatic heterocycles. The molecule has 98 valence electrons. The number of para-hydroxylation sites is 1. The van der Waals surface area contributed by atoms with E-state index in [1.54, 1.807) is 24.5 Å². The van der Waals surface area contributed by atoms with Crippen LogP contribution in [-0.4, -0.2) is 23.1 Å². The highest BCUT2D eigenvalue weighted by Gasteiger charge is 2.14. The second kappa shape index (κ2) is 5.86. The van der Waals surface area contributed by atoms with Crippen LogP contribution in [0.2, 0.25) is 0 Å². The summed E-state index contributed by atoms with van der Waals surface area (Å²) < 4.78 is 5.03. The van der Waals surface area contributed by atoms with Crippen molar-refractivity contribution < 1.29 is 14.6 Å². The van der Waals surface area contributed by atoms with Gasteiger partial charge in [-0.15, -0.1) is 0 Å². The molecule has 5 nitrogen and oxygen atoms in total. The van der Waals surface area contributed by atoms with Crippen molar-refractivity contribution in [1.82, 2.24) is 10.3 Å². The largest absolute Gasteiger partial charge is 0.504 e. The van der Waals surface area contributed by atoms with E-state index in [9.17, 15) is 9.90 Å². The van der Waals surface area contributed by atoms with Gasteiger partial charge in [0.25, 0.3) is 5.91 Å². The highest BCUT2D eigenvalue weighted by atomic mass is 16.5. The minimum Gasteiger partial charge on any atom is -0.504 e. The molecule has 0 spiro atoms. The number of nitrogens with zero attached hydrogens (tertiary/aromatic N) is 1. The van der Waals surface area contributed by atoms with Crippen LogP contribution in [0, 0.1) is 0 Å². The first-order valence-corrected chi connectivity index (χ1v) is 5.75. The van der Waals surface area contributed by atoms with Crippen LogP contribution < -0.4 is 10.1 Å². The molecule has 0 aliphatic heterocycles. The predicted molar refractivity (Wildman–Crippen MR) is 70.1 cm³/mol. The lowest BCUT2D eigenvalue weighted by molar-refractivity contribution is 0.0947. The number of ether oxygens (including phenoxy) is 1. The van der Waals surface area contributed by atoms with E-state index in [1.165, 1.54) is 13.2 Å². The van der Waals surface area contributed by atoms with E-state index < -0.39 is 0 Å². The van der Waals surface area contributed by atoms with Crippen molar-refractivity contribution in [3.8, 4) is 11.5 Å². The lowest BCUT2D eigenvalue weighted by Gasteiger charge is -2.10. The van der Waals surface area contributed by atoms with Crippen molar-refractivity contribution in [3.63, 3.8) is 0 Å². The molecule has 0 unspecified atom stereocenters. The van der Waals surface area contributed by atoms with Gasteiger partial charge in [-0.2, -0.15) is 0 Å². The number of phenolic OH excluding ortho intramolecular Hbond substituents is 1. The maximum absolute atomic E-state index is 12.0. The van der Waals surface area contributed by atoms with Gasteiger partial charge in [0.05, 0.1) is 12.7 Å². The van der Waals surface area contributed by atoms with E-state index in [1.807, 2.05) is 12.1 Å². The molecule has 1 heterocycles. The monoisotopic (exact) mass is 258 g/mol. The molecule has 19 heavy (non-hydrogen) atoms. The number of carbonyl (C=O) groups is 1. The molecule has 0 radical (unpaired) electrons. The van der Waals surface area contributed by atoms with Crippen molar-refractivity contribution in [3.05, 3.63) is 53.9 Å². The first-order valence-electron chi connectivity index (χ1n) is 5.75. The molecule has 2 N–H and O–H groups in total. The van der Waals surface area contributed by atoms with Gasteiger partial charge in [0.1, 0.15) is 0 Å². The average Bonchev–Trinajstić information content (AvgIpc) is 2.45. The third-order valence-electron chi connectivity index (χ3n) is 2.65. The Bertz CT molecular complexity index is 570. The summed E-state index contributed by atoms with van der Waals surface area (Å²) in [4.78, 5) is 15.9. The van der Waals surface area contributed by atoms with Crippen molar-refractivity contribution in [2.75, 3.05) is 7.11 Å². The molecule has 0 bridgehead atoms. The van der Waals surface area contributed by atoms with E-state index in [2.05, 4.69) is 10.3 Å². The number of hydrogen-bond acceptors (Lipinski definition) is 4. The number of rotatable bonds is 4. The van der Waals surface area contributed by atoms with Crippen LogP contribution in [0.4, 0.5) is 0 Å². The topological polar surface area (TPSA) is 71.5 Å². The summed E-state index contributed by atoms with van der Waals surface area (Å²) in [6, 6.07) is 8.30. The summed E-state index contributed by atoms with van der Waals surface area (Å²) in [6.45, 7) is 0.389. The molecule has 0 aliphatic carbocycles. The Hall–Kier alpha value is -2.56. The first-order chi connectivity index (χ1) is 9.22. The van der Waals surface area contributed by atoms with Gasteiger partial charge < -0.3 is 15.2 Å². The van der Waals surface area contributed by atoms with Gasteiger partial charge in [-0.3, -0.25) is 9.78 Å². The number of pyridine rings is 1. The van der Waals surface area contributed by atoms with Crippen LogP contribution in [0.5, 0.6) is 11.5 Å². The molecular formula is C14H14N2O3. The summed E-state index contributed by atoms with van der Waals surface area (Å²) in [5.41, 5.74) is 1.25. The summed E-state index contributed by atoms with van der Waals surface area (Å²) in [5.74, 6) is -0.182. The summed E-state index contributed by atoms with van der Waals surface area (Å²) in [7, 11) is 1.41. The Morgan fingerprint density at radius 2 is 2.05 bits per heavy atom. The molecule has 0 saturated heterocycles. The molecule has 2 rings (SSSR count). The van der Waals surface area contributed by atoms with Crippen molar-refractivity contribution in [1.29, 1.82) is 0 Å². The van der Waals surface area contributed by atoms with Gasteiger partial charge >= 0.3 is 0 Å². The van der Waals surface area contributed by atoms with Crippen LogP contribution in [0.3, 0.4) is 0 Å². The van der Waals surface area contributed by atoms with Gasteiger partial charge in [0, 0.05) is 18.9 Å². The second-order valence-corrected chi connectivity index (χ2v) is 3.90. The lowest BCUT2D eigenvalue weighted by Crippen LogP contribution is -2.23. The minimum absolute atomic E-state index is 0.0564. The van der Waals surface area contributed by atoms with E-state index >= 15 is 0 Å². The molecular weight excluding hydrogens is 244 g/mol. The Morgan fingerprint density at radius 3 is 2.74 bits per heavy atom. The Balaban J connectivity index is 2.10. The fourth-order valence-electron chi connectivity index (χ4n) is 1.70. The SMILES string of the molecule is COc1c(O)cccc1C(=O)NCc1ccncc1. The van der Waals surface area contributed by atoms with Crippen molar-refractivity contribution in [2.45, 2.75) is 6.54 Å². The molecule has 2 aromatic rings. The number of methoxy groups -OCH3 is 1. The van der Waals surface area contributed by atoms with E-state index in [0.717, 1.165) is 5.56 Å². The minimum atomic E-state index is -0.301. The zero-order valence-corrected chi connectivity index (χ0v) is 10.5. The molecule has 1 amide bonds. The smallest absolute Gasteiger partial charge is 0.255 e. The number of benzene rings is 1. The normalized spacial score (nSPS) is 9.95. The van der Waals surface area contributed by atoms with Crippen molar-refractivity contribution >= 4 is 5.91 Å². The lowest BCUT2D eigenvalue weighted by atomic mass is 10.1. The molecule has 0 saturated carbocycles. The molecule has 0 atom stereocenters. The number of nitrogens with one attached hydrogen (secondary N) is 1. The standard InChI is InChI=1S/C14H14N2O3/c1-19-13-11(3-2-4-12(13)17)14(18)16-9-10-5-7-15-8-6-10/h2-8,17H,9H2,1H3,(H,16,18). The van der Waals surface area contributed by atoms with Crippen LogP contribution in [-0.2, 0) is 6.54 Å². The van der Waals surface area contributed by atoms with Gasteiger partial charge in [0.2, 0.25) is 0 Å². The number of hydrogen-bond donors (Lipinski definition) is 2. The van der Waals surface area contributed by atoms with Crippen LogP contribution in [0.1, 0.15) is 15.9 Å². The highest BCUT2D eigenvalue weighted by Crippen LogP contribution is 2.29. The van der Waals surface area contributed by atoms with Crippen LogP contribution in [0.15, 0.2) is 42.7 Å². The maximum atomic E-state index is 12.0. The third kappa shape index (κ3) is 3.01. The van der Waals surface area contributed by atoms with E-state index in [4.69, 9.17) is 4.74 Å². The van der Waals surface area contributed by atoms with Crippen LogP contribution in [0.25, 0.3) is 0 Å². The van der Waals surface area contributed by atoms with Gasteiger partial charge in [0.15, 0.2) is 11.5 Å². The zero-order valence-electron chi connectivity index (χ0n) is 10.5. The molecule has 0 fully saturated rings. The van der Waals surface area contributed by atoms with Gasteiger partial charge in [-0.1, -0.05) is 6.07 Å². The van der Waals surface area contributed by atoms with Crippen LogP contribution >= 0.6 is 0 Å². The quantitative estimate of drug-likeness (QED) is 0.876. The number of carbonyl (C=O) groups excluding carboxylic acids is 1. The Labute approximate surface area is 110 Å². The van der Waals surface area contributed by atoms with Crippen molar-refractivity contribution in [2.24, 2.45) is 0 Å². The van der Waals surface area contributed by atoms with E-state index in [-0.39, 0.29) is 17.4 Å². The Kier molecular flexibility index (Phi) is 3.97.